The number of rotatable bonds is 1. The molecular weight excluding hydrogens is 277 g/mol. The SMILES string of the molecule is Cc1ccc(C2(N)CCC(C(F)(F)F)CC2)c(F)c1F. The highest BCUT2D eigenvalue weighted by atomic mass is 19.4. The summed E-state index contributed by atoms with van der Waals surface area (Å²) in [6.45, 7) is 1.42. The van der Waals surface area contributed by atoms with E-state index in [4.69, 9.17) is 5.73 Å². The second kappa shape index (κ2) is 4.98. The molecule has 0 spiro atoms. The van der Waals surface area contributed by atoms with Crippen LogP contribution in [0.4, 0.5) is 22.0 Å². The molecule has 112 valence electrons. The first-order valence-corrected chi connectivity index (χ1v) is 6.46. The molecule has 0 bridgehead atoms. The van der Waals surface area contributed by atoms with Crippen LogP contribution in [0.5, 0.6) is 0 Å². The van der Waals surface area contributed by atoms with Crippen LogP contribution in [0.2, 0.25) is 0 Å². The Balaban J connectivity index is 2.25. The van der Waals surface area contributed by atoms with Gasteiger partial charge in [0, 0.05) is 11.1 Å². The van der Waals surface area contributed by atoms with E-state index in [9.17, 15) is 22.0 Å². The predicted octanol–water partition coefficient (Wildman–Crippen LogP) is 4.18. The number of aryl methyl sites for hydroxylation is 1. The van der Waals surface area contributed by atoms with Crippen LogP contribution < -0.4 is 5.73 Å². The number of benzene rings is 1. The lowest BCUT2D eigenvalue weighted by molar-refractivity contribution is -0.184. The molecule has 2 rings (SSSR count). The van der Waals surface area contributed by atoms with Gasteiger partial charge in [0.25, 0.3) is 0 Å². The molecule has 0 radical (unpaired) electrons. The number of hydrogen-bond donors (Lipinski definition) is 1. The lowest BCUT2D eigenvalue weighted by Crippen LogP contribution is -2.43. The Morgan fingerprint density at radius 3 is 2.15 bits per heavy atom. The van der Waals surface area contributed by atoms with Crippen LogP contribution in [0.3, 0.4) is 0 Å². The first-order chi connectivity index (χ1) is 9.15. The van der Waals surface area contributed by atoms with E-state index in [1.54, 1.807) is 0 Å². The van der Waals surface area contributed by atoms with Crippen molar-refractivity contribution in [2.75, 3.05) is 0 Å². The zero-order valence-electron chi connectivity index (χ0n) is 11.0. The molecule has 0 aliphatic heterocycles. The molecule has 1 aliphatic carbocycles. The quantitative estimate of drug-likeness (QED) is 0.772. The van der Waals surface area contributed by atoms with E-state index < -0.39 is 29.3 Å². The van der Waals surface area contributed by atoms with Gasteiger partial charge >= 0.3 is 6.18 Å². The molecule has 0 aromatic heterocycles. The summed E-state index contributed by atoms with van der Waals surface area (Å²) < 4.78 is 65.4. The fourth-order valence-corrected chi connectivity index (χ4v) is 2.76. The van der Waals surface area contributed by atoms with Gasteiger partial charge in [-0.05, 0) is 38.2 Å². The number of alkyl halides is 3. The summed E-state index contributed by atoms with van der Waals surface area (Å²) in [6.07, 6.45) is -4.57. The molecule has 0 saturated heterocycles. The molecule has 2 N–H and O–H groups in total. The summed E-state index contributed by atoms with van der Waals surface area (Å²) in [5, 5.41) is 0. The van der Waals surface area contributed by atoms with Gasteiger partial charge in [0.05, 0.1) is 5.92 Å². The summed E-state index contributed by atoms with van der Waals surface area (Å²) in [5.41, 5.74) is 4.93. The standard InChI is InChI=1S/C14H16F5N/c1-8-2-3-10(12(16)11(8)15)13(20)6-4-9(5-7-13)14(17,18)19/h2-3,9H,4-7,20H2,1H3. The van der Waals surface area contributed by atoms with Gasteiger partial charge in [0.1, 0.15) is 0 Å². The maximum absolute atomic E-state index is 13.9. The number of hydrogen-bond acceptors (Lipinski definition) is 1. The van der Waals surface area contributed by atoms with Crippen molar-refractivity contribution in [1.82, 2.24) is 0 Å². The largest absolute Gasteiger partial charge is 0.391 e. The highest BCUT2D eigenvalue weighted by Crippen LogP contribution is 2.44. The van der Waals surface area contributed by atoms with Crippen LogP contribution in [-0.2, 0) is 5.54 Å². The second-order valence-electron chi connectivity index (χ2n) is 5.53. The molecular formula is C14H16F5N. The smallest absolute Gasteiger partial charge is 0.321 e. The Morgan fingerprint density at radius 2 is 1.65 bits per heavy atom. The molecule has 1 nitrogen and oxygen atoms in total. The van der Waals surface area contributed by atoms with Crippen LogP contribution in [0.15, 0.2) is 12.1 Å². The van der Waals surface area contributed by atoms with Crippen molar-refractivity contribution in [3.8, 4) is 0 Å². The minimum absolute atomic E-state index is 0.00338. The summed E-state index contributed by atoms with van der Waals surface area (Å²) >= 11 is 0. The first-order valence-electron chi connectivity index (χ1n) is 6.46. The average molecular weight is 293 g/mol. The monoisotopic (exact) mass is 293 g/mol. The van der Waals surface area contributed by atoms with Crippen molar-refractivity contribution >= 4 is 0 Å². The van der Waals surface area contributed by atoms with Gasteiger partial charge in [-0.25, -0.2) is 8.78 Å². The van der Waals surface area contributed by atoms with E-state index >= 15 is 0 Å². The van der Waals surface area contributed by atoms with Crippen molar-refractivity contribution in [3.63, 3.8) is 0 Å². The van der Waals surface area contributed by atoms with E-state index in [-0.39, 0.29) is 36.8 Å². The molecule has 0 amide bonds. The number of halogens is 5. The van der Waals surface area contributed by atoms with Crippen LogP contribution in [0, 0.1) is 24.5 Å². The Bertz CT molecular complexity index is 501. The van der Waals surface area contributed by atoms with Gasteiger partial charge in [-0.3, -0.25) is 0 Å². The molecule has 0 heterocycles. The summed E-state index contributed by atoms with van der Waals surface area (Å²) in [4.78, 5) is 0. The lowest BCUT2D eigenvalue weighted by Gasteiger charge is -2.38. The van der Waals surface area contributed by atoms with E-state index in [0.717, 1.165) is 0 Å². The Hall–Kier alpha value is -1.17. The molecule has 1 aromatic carbocycles. The summed E-state index contributed by atoms with van der Waals surface area (Å²) in [7, 11) is 0. The normalized spacial score (nSPS) is 27.6. The second-order valence-corrected chi connectivity index (χ2v) is 5.53. The summed E-state index contributed by atoms with van der Waals surface area (Å²) in [6, 6.07) is 2.78. The fourth-order valence-electron chi connectivity index (χ4n) is 2.76. The molecule has 1 saturated carbocycles. The maximum atomic E-state index is 13.9. The van der Waals surface area contributed by atoms with Crippen LogP contribution >= 0.6 is 0 Å². The molecule has 1 fully saturated rings. The van der Waals surface area contributed by atoms with Gasteiger partial charge in [0.15, 0.2) is 11.6 Å². The third-order valence-electron chi connectivity index (χ3n) is 4.15. The van der Waals surface area contributed by atoms with Crippen LogP contribution in [0.1, 0.15) is 36.8 Å². The topological polar surface area (TPSA) is 26.0 Å². The zero-order valence-corrected chi connectivity index (χ0v) is 11.0. The van der Waals surface area contributed by atoms with Crippen LogP contribution in [-0.4, -0.2) is 6.18 Å². The fraction of sp³-hybridized carbons (Fsp3) is 0.571. The van der Waals surface area contributed by atoms with E-state index in [2.05, 4.69) is 0 Å². The lowest BCUT2D eigenvalue weighted by atomic mass is 9.73. The predicted molar refractivity (Wildman–Crippen MR) is 65.0 cm³/mol. The van der Waals surface area contributed by atoms with Gasteiger partial charge in [-0.1, -0.05) is 12.1 Å². The van der Waals surface area contributed by atoms with Gasteiger partial charge in [0.2, 0.25) is 0 Å². The van der Waals surface area contributed by atoms with Gasteiger partial charge < -0.3 is 5.73 Å². The van der Waals surface area contributed by atoms with Crippen molar-refractivity contribution in [2.24, 2.45) is 11.7 Å². The minimum Gasteiger partial charge on any atom is -0.321 e. The molecule has 0 unspecified atom stereocenters. The van der Waals surface area contributed by atoms with Gasteiger partial charge in [-0.2, -0.15) is 13.2 Å². The third kappa shape index (κ3) is 2.66. The maximum Gasteiger partial charge on any atom is 0.391 e. The Kier molecular flexibility index (Phi) is 3.79. The van der Waals surface area contributed by atoms with E-state index in [1.165, 1.54) is 19.1 Å². The summed E-state index contributed by atoms with van der Waals surface area (Å²) in [5.74, 6) is -3.43. The number of nitrogens with two attached hydrogens (primary N) is 1. The van der Waals surface area contributed by atoms with E-state index in [0.29, 0.717) is 0 Å². The highest BCUT2D eigenvalue weighted by molar-refractivity contribution is 5.31. The first kappa shape index (κ1) is 15.2. The zero-order chi connectivity index (χ0) is 15.1. The van der Waals surface area contributed by atoms with E-state index in [1.807, 2.05) is 0 Å². The van der Waals surface area contributed by atoms with Crippen molar-refractivity contribution < 1.29 is 22.0 Å². The Labute approximate surface area is 114 Å². The van der Waals surface area contributed by atoms with Crippen LogP contribution in [0.25, 0.3) is 0 Å². The third-order valence-corrected chi connectivity index (χ3v) is 4.15. The molecule has 1 aromatic rings. The van der Waals surface area contributed by atoms with Crippen molar-refractivity contribution in [3.05, 3.63) is 34.9 Å². The van der Waals surface area contributed by atoms with Gasteiger partial charge in [-0.15, -0.1) is 0 Å². The van der Waals surface area contributed by atoms with Crippen molar-refractivity contribution in [2.45, 2.75) is 44.3 Å². The minimum atomic E-state index is -4.25. The van der Waals surface area contributed by atoms with Crippen molar-refractivity contribution in [1.29, 1.82) is 0 Å². The average Bonchev–Trinajstić information content (AvgIpc) is 2.35. The highest BCUT2D eigenvalue weighted by Gasteiger charge is 2.45. The Morgan fingerprint density at radius 1 is 1.10 bits per heavy atom. The molecule has 1 aliphatic rings. The molecule has 6 heteroatoms. The molecule has 20 heavy (non-hydrogen) atoms. The molecule has 0 atom stereocenters.